The lowest BCUT2D eigenvalue weighted by atomic mass is 10.00. The van der Waals surface area contributed by atoms with E-state index in [4.69, 9.17) is 9.72 Å². The molecule has 0 aliphatic carbocycles. The fraction of sp³-hybridized carbons (Fsp3) is 0. The van der Waals surface area contributed by atoms with Crippen LogP contribution in [0.3, 0.4) is 0 Å². The minimum absolute atomic E-state index is 0.843. The van der Waals surface area contributed by atoms with Crippen molar-refractivity contribution < 1.29 is 4.74 Å². The lowest BCUT2D eigenvalue weighted by Gasteiger charge is -2.32. The van der Waals surface area contributed by atoms with Crippen LogP contribution in [0.2, 0.25) is 0 Å². The average Bonchev–Trinajstić information content (AvgIpc) is 3.49. The highest BCUT2D eigenvalue weighted by molar-refractivity contribution is 6.24. The number of aromatic nitrogens is 2. The Kier molecular flexibility index (Phi) is 5.16. The number of hydrogen-bond donors (Lipinski definition) is 0. The standard InChI is InChI=1S/C39H25N3O/c1-2-12-27(13-3-1)42-38-32-17-7-5-15-30(32)29-14-4-6-16-31(29)37(38)40-39(42)26-22-24-28(25-23-26)41-33-18-8-10-20-35(33)43-36-21-11-9-19-34(36)41/h1-25H. The molecule has 0 saturated heterocycles. The van der Waals surface area contributed by atoms with Gasteiger partial charge in [-0.15, -0.1) is 0 Å². The maximum atomic E-state index is 6.24. The van der Waals surface area contributed by atoms with E-state index in [1.165, 1.54) is 16.2 Å². The van der Waals surface area contributed by atoms with Gasteiger partial charge in [0, 0.05) is 27.7 Å². The molecule has 0 radical (unpaired) electrons. The van der Waals surface area contributed by atoms with E-state index in [2.05, 4.69) is 125 Å². The Labute approximate surface area is 248 Å². The summed E-state index contributed by atoms with van der Waals surface area (Å²) in [6.45, 7) is 0. The fourth-order valence-corrected chi connectivity index (χ4v) is 6.47. The Morgan fingerprint density at radius 3 is 1.65 bits per heavy atom. The van der Waals surface area contributed by atoms with Crippen molar-refractivity contribution in [1.82, 2.24) is 9.55 Å². The van der Waals surface area contributed by atoms with Crippen LogP contribution >= 0.6 is 0 Å². The molecule has 2 heterocycles. The third-order valence-corrected chi connectivity index (χ3v) is 8.36. The molecule has 8 aromatic rings. The van der Waals surface area contributed by atoms with E-state index in [9.17, 15) is 0 Å². The van der Waals surface area contributed by atoms with Crippen LogP contribution in [0.15, 0.2) is 152 Å². The van der Waals surface area contributed by atoms with Crippen LogP contribution in [0.5, 0.6) is 11.5 Å². The number of rotatable bonds is 3. The second-order valence-corrected chi connectivity index (χ2v) is 10.8. The minimum atomic E-state index is 0.843. The Morgan fingerprint density at radius 2 is 0.977 bits per heavy atom. The largest absolute Gasteiger partial charge is 0.453 e. The quantitative estimate of drug-likeness (QED) is 0.205. The van der Waals surface area contributed by atoms with E-state index >= 15 is 0 Å². The molecule has 0 spiro atoms. The minimum Gasteiger partial charge on any atom is -0.453 e. The van der Waals surface area contributed by atoms with Crippen LogP contribution < -0.4 is 9.64 Å². The van der Waals surface area contributed by atoms with Gasteiger partial charge in [0.1, 0.15) is 5.82 Å². The van der Waals surface area contributed by atoms with Gasteiger partial charge < -0.3 is 9.64 Å². The van der Waals surface area contributed by atoms with Gasteiger partial charge in [0.05, 0.1) is 22.4 Å². The molecule has 43 heavy (non-hydrogen) atoms. The third kappa shape index (κ3) is 3.60. The summed E-state index contributed by atoms with van der Waals surface area (Å²) in [5.74, 6) is 2.60. The Bertz CT molecular complexity index is 2280. The maximum absolute atomic E-state index is 6.24. The van der Waals surface area contributed by atoms with Gasteiger partial charge in [-0.25, -0.2) is 4.98 Å². The zero-order valence-electron chi connectivity index (χ0n) is 23.2. The summed E-state index contributed by atoms with van der Waals surface area (Å²) in [5, 5.41) is 4.80. The molecule has 1 aromatic heterocycles. The summed E-state index contributed by atoms with van der Waals surface area (Å²) in [5.41, 5.74) is 7.35. The predicted octanol–water partition coefficient (Wildman–Crippen LogP) is 10.6. The highest BCUT2D eigenvalue weighted by atomic mass is 16.5. The van der Waals surface area contributed by atoms with E-state index in [1.54, 1.807) is 0 Å². The van der Waals surface area contributed by atoms with Crippen LogP contribution in [-0.2, 0) is 0 Å². The molecule has 4 heteroatoms. The number of imidazole rings is 1. The van der Waals surface area contributed by atoms with Crippen molar-refractivity contribution >= 4 is 49.6 Å². The first kappa shape index (κ1) is 23.8. The molecule has 0 bridgehead atoms. The Morgan fingerprint density at radius 1 is 0.442 bits per heavy atom. The summed E-state index contributed by atoms with van der Waals surface area (Å²) >= 11 is 0. The SMILES string of the molecule is c1ccc(-n2c(-c3ccc(N4c5ccccc5Oc5ccccc54)cc3)nc3c4ccccc4c4ccccc4c32)cc1. The van der Waals surface area contributed by atoms with Crippen LogP contribution in [0, 0.1) is 0 Å². The second kappa shape index (κ2) is 9.33. The molecule has 1 aliphatic heterocycles. The van der Waals surface area contributed by atoms with Crippen molar-refractivity contribution in [1.29, 1.82) is 0 Å². The summed E-state index contributed by atoms with van der Waals surface area (Å²) in [7, 11) is 0. The van der Waals surface area contributed by atoms with Gasteiger partial charge in [-0.3, -0.25) is 4.57 Å². The Balaban J connectivity index is 1.28. The summed E-state index contributed by atoms with van der Waals surface area (Å²) in [6, 6.07) is 52.9. The zero-order valence-corrected chi connectivity index (χ0v) is 23.2. The Hall–Kier alpha value is -5.87. The van der Waals surface area contributed by atoms with Crippen molar-refractivity contribution in [2.75, 3.05) is 4.90 Å². The number of hydrogen-bond acceptors (Lipinski definition) is 3. The number of ether oxygens (including phenoxy) is 1. The number of anilines is 3. The fourth-order valence-electron chi connectivity index (χ4n) is 6.47. The summed E-state index contributed by atoms with van der Waals surface area (Å²) < 4.78 is 8.55. The van der Waals surface area contributed by atoms with Crippen molar-refractivity contribution in [3.8, 4) is 28.6 Å². The lowest BCUT2D eigenvalue weighted by molar-refractivity contribution is 0.477. The van der Waals surface area contributed by atoms with Gasteiger partial charge in [0.15, 0.2) is 11.5 Å². The van der Waals surface area contributed by atoms with Gasteiger partial charge >= 0.3 is 0 Å². The average molecular weight is 552 g/mol. The first-order valence-corrected chi connectivity index (χ1v) is 14.5. The highest BCUT2D eigenvalue weighted by Gasteiger charge is 2.26. The molecule has 7 aromatic carbocycles. The summed E-state index contributed by atoms with van der Waals surface area (Å²) in [4.78, 5) is 7.64. The smallest absolute Gasteiger partial charge is 0.151 e. The predicted molar refractivity (Wildman–Crippen MR) is 176 cm³/mol. The number of para-hydroxylation sites is 5. The van der Waals surface area contributed by atoms with Gasteiger partial charge in [0.2, 0.25) is 0 Å². The monoisotopic (exact) mass is 551 g/mol. The van der Waals surface area contributed by atoms with Gasteiger partial charge in [-0.2, -0.15) is 0 Å². The van der Waals surface area contributed by atoms with E-state index in [0.29, 0.717) is 0 Å². The molecule has 0 fully saturated rings. The van der Waals surface area contributed by atoms with E-state index in [0.717, 1.165) is 62.1 Å². The molecule has 202 valence electrons. The topological polar surface area (TPSA) is 30.3 Å². The first-order valence-electron chi connectivity index (χ1n) is 14.5. The normalized spacial score (nSPS) is 12.3. The van der Waals surface area contributed by atoms with E-state index < -0.39 is 0 Å². The zero-order chi connectivity index (χ0) is 28.3. The van der Waals surface area contributed by atoms with Crippen molar-refractivity contribution in [2.24, 2.45) is 0 Å². The molecule has 0 unspecified atom stereocenters. The van der Waals surface area contributed by atoms with E-state index in [-0.39, 0.29) is 0 Å². The maximum Gasteiger partial charge on any atom is 0.151 e. The molecule has 9 rings (SSSR count). The molecular formula is C39H25N3O. The molecule has 1 aliphatic rings. The van der Waals surface area contributed by atoms with Crippen LogP contribution in [0.4, 0.5) is 17.1 Å². The molecule has 0 saturated carbocycles. The summed E-state index contributed by atoms with van der Waals surface area (Å²) in [6.07, 6.45) is 0. The van der Waals surface area contributed by atoms with Crippen LogP contribution in [-0.4, -0.2) is 9.55 Å². The van der Waals surface area contributed by atoms with E-state index in [1.807, 2.05) is 36.4 Å². The second-order valence-electron chi connectivity index (χ2n) is 10.8. The lowest BCUT2D eigenvalue weighted by Crippen LogP contribution is -2.15. The van der Waals surface area contributed by atoms with Crippen molar-refractivity contribution in [3.63, 3.8) is 0 Å². The molecule has 4 nitrogen and oxygen atoms in total. The van der Waals surface area contributed by atoms with Gasteiger partial charge in [-0.1, -0.05) is 91.0 Å². The molecule has 0 atom stereocenters. The van der Waals surface area contributed by atoms with Crippen molar-refractivity contribution in [2.45, 2.75) is 0 Å². The highest BCUT2D eigenvalue weighted by Crippen LogP contribution is 2.50. The van der Waals surface area contributed by atoms with Crippen molar-refractivity contribution in [3.05, 3.63) is 152 Å². The number of fused-ring (bicyclic) bond motifs is 8. The number of nitrogens with zero attached hydrogens (tertiary/aromatic N) is 3. The molecule has 0 amide bonds. The van der Waals surface area contributed by atoms with Crippen LogP contribution in [0.25, 0.3) is 49.7 Å². The molecule has 0 N–H and O–H groups in total. The number of benzene rings is 7. The van der Waals surface area contributed by atoms with Crippen LogP contribution in [0.1, 0.15) is 0 Å². The molecular weight excluding hydrogens is 526 g/mol. The third-order valence-electron chi connectivity index (χ3n) is 8.36. The first-order chi connectivity index (χ1) is 21.3. The van der Waals surface area contributed by atoms with Gasteiger partial charge in [-0.05, 0) is 71.4 Å². The van der Waals surface area contributed by atoms with Gasteiger partial charge in [0.25, 0.3) is 0 Å².